The van der Waals surface area contributed by atoms with Crippen LogP contribution in [-0.2, 0) is 6.54 Å². The van der Waals surface area contributed by atoms with E-state index in [0.717, 1.165) is 6.07 Å². The molecule has 19 heavy (non-hydrogen) atoms. The lowest BCUT2D eigenvalue weighted by Crippen LogP contribution is -2.03. The van der Waals surface area contributed by atoms with E-state index in [-0.39, 0.29) is 12.2 Å². The highest BCUT2D eigenvalue weighted by molar-refractivity contribution is 6.35. The number of hydrogen-bond acceptors (Lipinski definition) is 1. The molecule has 0 aromatic heterocycles. The summed E-state index contributed by atoms with van der Waals surface area (Å²) in [6.07, 6.45) is 0. The second-order valence-corrected chi connectivity index (χ2v) is 4.68. The Morgan fingerprint density at radius 3 is 2.26 bits per heavy atom. The van der Waals surface area contributed by atoms with Crippen LogP contribution >= 0.6 is 23.2 Å². The minimum absolute atomic E-state index is 0.134. The van der Waals surface area contributed by atoms with Gasteiger partial charge in [0, 0.05) is 28.7 Å². The second-order valence-electron chi connectivity index (χ2n) is 3.84. The Labute approximate surface area is 118 Å². The van der Waals surface area contributed by atoms with E-state index in [1.807, 2.05) is 0 Å². The number of halogens is 5. The van der Waals surface area contributed by atoms with Crippen LogP contribution in [0.1, 0.15) is 5.56 Å². The molecule has 2 aromatic carbocycles. The van der Waals surface area contributed by atoms with E-state index in [1.54, 1.807) is 18.2 Å². The van der Waals surface area contributed by atoms with Crippen LogP contribution in [0.3, 0.4) is 0 Å². The van der Waals surface area contributed by atoms with Crippen molar-refractivity contribution in [3.63, 3.8) is 0 Å². The van der Waals surface area contributed by atoms with Crippen LogP contribution in [0.4, 0.5) is 18.9 Å². The third-order valence-corrected chi connectivity index (χ3v) is 3.08. The van der Waals surface area contributed by atoms with E-state index in [4.69, 9.17) is 23.2 Å². The molecule has 0 bridgehead atoms. The molecule has 2 rings (SSSR count). The van der Waals surface area contributed by atoms with Gasteiger partial charge in [-0.05, 0) is 17.7 Å². The molecule has 0 heterocycles. The van der Waals surface area contributed by atoms with Crippen molar-refractivity contribution < 1.29 is 13.2 Å². The van der Waals surface area contributed by atoms with E-state index in [1.165, 1.54) is 0 Å². The van der Waals surface area contributed by atoms with Crippen molar-refractivity contribution in [3.8, 4) is 0 Å². The van der Waals surface area contributed by atoms with E-state index in [0.29, 0.717) is 21.7 Å². The summed E-state index contributed by atoms with van der Waals surface area (Å²) < 4.78 is 39.1. The Hall–Kier alpha value is -1.39. The van der Waals surface area contributed by atoms with Crippen molar-refractivity contribution in [2.75, 3.05) is 5.32 Å². The minimum atomic E-state index is -1.23. The fraction of sp³-hybridized carbons (Fsp3) is 0.0769. The number of hydrogen-bond donors (Lipinski definition) is 1. The van der Waals surface area contributed by atoms with Gasteiger partial charge in [0.15, 0.2) is 11.6 Å². The topological polar surface area (TPSA) is 12.0 Å². The first-order valence-electron chi connectivity index (χ1n) is 5.29. The van der Waals surface area contributed by atoms with Crippen LogP contribution in [0.2, 0.25) is 10.0 Å². The van der Waals surface area contributed by atoms with E-state index in [9.17, 15) is 13.2 Å². The van der Waals surface area contributed by atoms with E-state index < -0.39 is 17.5 Å². The molecule has 0 unspecified atom stereocenters. The first-order valence-corrected chi connectivity index (χ1v) is 6.05. The molecule has 0 radical (unpaired) electrons. The SMILES string of the molecule is Fc1cc(F)c(NCc2ccc(Cl)cc2Cl)cc1F. The first-order chi connectivity index (χ1) is 8.97. The Bertz CT molecular complexity index is 617. The quantitative estimate of drug-likeness (QED) is 0.785. The van der Waals surface area contributed by atoms with Crippen molar-refractivity contribution in [1.82, 2.24) is 0 Å². The van der Waals surface area contributed by atoms with Crippen LogP contribution in [0.5, 0.6) is 0 Å². The molecular formula is C13H8Cl2F3N. The zero-order valence-corrected chi connectivity index (χ0v) is 11.0. The molecule has 0 aliphatic heterocycles. The fourth-order valence-electron chi connectivity index (χ4n) is 1.51. The number of rotatable bonds is 3. The zero-order chi connectivity index (χ0) is 14.0. The predicted octanol–water partition coefficient (Wildman–Crippen LogP) is 5.02. The number of benzene rings is 2. The molecule has 0 saturated carbocycles. The molecule has 0 spiro atoms. The maximum Gasteiger partial charge on any atom is 0.161 e. The molecule has 100 valence electrons. The van der Waals surface area contributed by atoms with Crippen molar-refractivity contribution in [2.45, 2.75) is 6.54 Å². The Balaban J connectivity index is 2.16. The highest BCUT2D eigenvalue weighted by Gasteiger charge is 2.10. The molecule has 6 heteroatoms. The van der Waals surface area contributed by atoms with Gasteiger partial charge in [-0.3, -0.25) is 0 Å². The van der Waals surface area contributed by atoms with Gasteiger partial charge in [0.1, 0.15) is 5.82 Å². The predicted molar refractivity (Wildman–Crippen MR) is 70.1 cm³/mol. The lowest BCUT2D eigenvalue weighted by molar-refractivity contribution is 0.496. The first kappa shape index (κ1) is 14.0. The average molecular weight is 306 g/mol. The van der Waals surface area contributed by atoms with Crippen molar-refractivity contribution in [1.29, 1.82) is 0 Å². The molecular weight excluding hydrogens is 298 g/mol. The Morgan fingerprint density at radius 1 is 0.895 bits per heavy atom. The molecule has 1 N–H and O–H groups in total. The number of anilines is 1. The molecule has 0 amide bonds. The maximum atomic E-state index is 13.4. The zero-order valence-electron chi connectivity index (χ0n) is 9.48. The van der Waals surface area contributed by atoms with Crippen LogP contribution in [0.15, 0.2) is 30.3 Å². The van der Waals surface area contributed by atoms with Gasteiger partial charge in [-0.15, -0.1) is 0 Å². The van der Waals surface area contributed by atoms with E-state index in [2.05, 4.69) is 5.32 Å². The summed E-state index contributed by atoms with van der Waals surface area (Å²) >= 11 is 11.7. The van der Waals surface area contributed by atoms with Crippen LogP contribution in [0.25, 0.3) is 0 Å². The summed E-state index contributed by atoms with van der Waals surface area (Å²) in [5.74, 6) is -3.22. The highest BCUT2D eigenvalue weighted by atomic mass is 35.5. The molecule has 0 fully saturated rings. The van der Waals surface area contributed by atoms with Crippen LogP contribution in [-0.4, -0.2) is 0 Å². The molecule has 0 saturated heterocycles. The van der Waals surface area contributed by atoms with Gasteiger partial charge in [-0.2, -0.15) is 0 Å². The smallest absolute Gasteiger partial charge is 0.161 e. The maximum absolute atomic E-state index is 13.4. The minimum Gasteiger partial charge on any atom is -0.378 e. The lowest BCUT2D eigenvalue weighted by atomic mass is 10.2. The van der Waals surface area contributed by atoms with Gasteiger partial charge in [-0.1, -0.05) is 29.3 Å². The van der Waals surface area contributed by atoms with E-state index >= 15 is 0 Å². The lowest BCUT2D eigenvalue weighted by Gasteiger charge is -2.09. The normalized spacial score (nSPS) is 10.6. The average Bonchev–Trinajstić information content (AvgIpc) is 2.34. The van der Waals surface area contributed by atoms with Gasteiger partial charge in [0.25, 0.3) is 0 Å². The van der Waals surface area contributed by atoms with Gasteiger partial charge in [0.05, 0.1) is 5.69 Å². The van der Waals surface area contributed by atoms with Gasteiger partial charge < -0.3 is 5.32 Å². The summed E-state index contributed by atoms with van der Waals surface area (Å²) in [6.45, 7) is 0.165. The fourth-order valence-corrected chi connectivity index (χ4v) is 1.99. The van der Waals surface area contributed by atoms with Gasteiger partial charge in [0.2, 0.25) is 0 Å². The summed E-state index contributed by atoms with van der Waals surface area (Å²) in [6, 6.07) is 6.08. The third-order valence-electron chi connectivity index (χ3n) is 2.49. The summed E-state index contributed by atoms with van der Waals surface area (Å²) in [7, 11) is 0. The van der Waals surface area contributed by atoms with Crippen molar-refractivity contribution >= 4 is 28.9 Å². The van der Waals surface area contributed by atoms with Gasteiger partial charge >= 0.3 is 0 Å². The molecule has 2 aromatic rings. The Morgan fingerprint density at radius 2 is 1.58 bits per heavy atom. The summed E-state index contributed by atoms with van der Waals surface area (Å²) in [5, 5.41) is 3.53. The molecule has 0 aliphatic rings. The van der Waals surface area contributed by atoms with Crippen LogP contribution in [0, 0.1) is 17.5 Å². The Kier molecular flexibility index (Phi) is 4.22. The van der Waals surface area contributed by atoms with Crippen molar-refractivity contribution in [2.24, 2.45) is 0 Å². The van der Waals surface area contributed by atoms with Gasteiger partial charge in [-0.25, -0.2) is 13.2 Å². The highest BCUT2D eigenvalue weighted by Crippen LogP contribution is 2.23. The summed E-state index contributed by atoms with van der Waals surface area (Å²) in [4.78, 5) is 0. The molecule has 0 aliphatic carbocycles. The monoisotopic (exact) mass is 305 g/mol. The molecule has 0 atom stereocenters. The number of nitrogens with one attached hydrogen (secondary N) is 1. The molecule has 1 nitrogen and oxygen atoms in total. The largest absolute Gasteiger partial charge is 0.378 e. The summed E-state index contributed by atoms with van der Waals surface area (Å²) in [5.41, 5.74) is 0.528. The standard InChI is InChI=1S/C13H8Cl2F3N/c14-8-2-1-7(9(15)3-8)6-19-13-5-11(17)10(16)4-12(13)18/h1-5,19H,6H2. The van der Waals surface area contributed by atoms with Crippen molar-refractivity contribution in [3.05, 3.63) is 63.4 Å². The second kappa shape index (κ2) is 5.72. The third kappa shape index (κ3) is 3.33. The van der Waals surface area contributed by atoms with Crippen LogP contribution < -0.4 is 5.32 Å².